The van der Waals surface area contributed by atoms with E-state index in [-0.39, 0.29) is 0 Å². The molecule has 2 nitrogen and oxygen atoms in total. The molecule has 0 aromatic heterocycles. The molecule has 2 unspecified atom stereocenters. The standard InChI is InChI=1S/C32H42O2/c1-32-19-18-28-27-15-13-26(33-21-23-8-4-2-5-9-23)20-25(27)12-14-29(28)30(32)16-17-31(32)34-22-24-10-6-3-7-11-24/h2-11,25-31H,12-22H2,1H3/t25?,26?,27-,28+,29+,30-,31-,32-/m0/s1. The molecule has 0 bridgehead atoms. The number of ether oxygens (including phenoxy) is 2. The van der Waals surface area contributed by atoms with Gasteiger partial charge in [0.2, 0.25) is 0 Å². The molecule has 2 aromatic rings. The average Bonchev–Trinajstić information content (AvgIpc) is 3.23. The molecule has 34 heavy (non-hydrogen) atoms. The third-order valence-electron chi connectivity index (χ3n) is 10.4. The fourth-order valence-electron chi connectivity index (χ4n) is 8.75. The lowest BCUT2D eigenvalue weighted by atomic mass is 9.50. The quantitative estimate of drug-likeness (QED) is 0.439. The topological polar surface area (TPSA) is 18.5 Å². The van der Waals surface area contributed by atoms with E-state index in [1.807, 2.05) is 0 Å². The predicted molar refractivity (Wildman–Crippen MR) is 137 cm³/mol. The van der Waals surface area contributed by atoms with Crippen LogP contribution in [0.5, 0.6) is 0 Å². The van der Waals surface area contributed by atoms with E-state index in [1.165, 1.54) is 68.9 Å². The van der Waals surface area contributed by atoms with E-state index < -0.39 is 0 Å². The minimum atomic E-state index is 0.388. The van der Waals surface area contributed by atoms with Crippen molar-refractivity contribution in [1.29, 1.82) is 0 Å². The Morgan fingerprint density at radius 2 is 1.35 bits per heavy atom. The van der Waals surface area contributed by atoms with Crippen molar-refractivity contribution < 1.29 is 9.47 Å². The Balaban J connectivity index is 1.06. The molecule has 0 N–H and O–H groups in total. The van der Waals surface area contributed by atoms with Gasteiger partial charge in [-0.1, -0.05) is 67.6 Å². The van der Waals surface area contributed by atoms with Gasteiger partial charge in [0.1, 0.15) is 0 Å². The lowest BCUT2D eigenvalue weighted by molar-refractivity contribution is -0.115. The summed E-state index contributed by atoms with van der Waals surface area (Å²) < 4.78 is 13.0. The highest BCUT2D eigenvalue weighted by molar-refractivity contribution is 5.15. The zero-order valence-corrected chi connectivity index (χ0v) is 20.9. The molecule has 4 saturated carbocycles. The summed E-state index contributed by atoms with van der Waals surface area (Å²) in [7, 11) is 0. The van der Waals surface area contributed by atoms with E-state index >= 15 is 0 Å². The van der Waals surface area contributed by atoms with Crippen molar-refractivity contribution in [3.63, 3.8) is 0 Å². The largest absolute Gasteiger partial charge is 0.374 e. The van der Waals surface area contributed by atoms with Crippen LogP contribution in [0.4, 0.5) is 0 Å². The summed E-state index contributed by atoms with van der Waals surface area (Å²) in [4.78, 5) is 0. The third kappa shape index (κ3) is 4.37. The first-order valence-corrected chi connectivity index (χ1v) is 14.0. The first-order chi connectivity index (χ1) is 16.7. The van der Waals surface area contributed by atoms with Gasteiger partial charge in [0.15, 0.2) is 0 Å². The van der Waals surface area contributed by atoms with Crippen molar-refractivity contribution in [3.8, 4) is 0 Å². The van der Waals surface area contributed by atoms with Crippen molar-refractivity contribution in [2.45, 2.75) is 90.1 Å². The number of rotatable bonds is 6. The van der Waals surface area contributed by atoms with E-state index in [0.29, 0.717) is 17.6 Å². The number of hydrogen-bond acceptors (Lipinski definition) is 2. The van der Waals surface area contributed by atoms with Crippen molar-refractivity contribution in [1.82, 2.24) is 0 Å². The van der Waals surface area contributed by atoms with Crippen LogP contribution >= 0.6 is 0 Å². The lowest BCUT2D eigenvalue weighted by Gasteiger charge is -2.56. The van der Waals surface area contributed by atoms with Crippen LogP contribution in [-0.2, 0) is 22.7 Å². The molecule has 4 fully saturated rings. The Labute approximate surface area is 206 Å². The minimum Gasteiger partial charge on any atom is -0.374 e. The van der Waals surface area contributed by atoms with Gasteiger partial charge in [-0.05, 0) is 104 Å². The fraction of sp³-hybridized carbons (Fsp3) is 0.625. The minimum absolute atomic E-state index is 0.388. The highest BCUT2D eigenvalue weighted by Crippen LogP contribution is 2.63. The Bertz CT molecular complexity index is 927. The first kappa shape index (κ1) is 22.8. The molecule has 8 atom stereocenters. The van der Waals surface area contributed by atoms with Gasteiger partial charge in [0.25, 0.3) is 0 Å². The number of benzene rings is 2. The molecule has 0 heterocycles. The highest BCUT2D eigenvalue weighted by atomic mass is 16.5. The van der Waals surface area contributed by atoms with Crippen molar-refractivity contribution >= 4 is 0 Å². The second-order valence-electron chi connectivity index (χ2n) is 12.1. The van der Waals surface area contributed by atoms with Crippen LogP contribution < -0.4 is 0 Å². The third-order valence-corrected chi connectivity index (χ3v) is 10.4. The molecule has 2 aromatic carbocycles. The molecular formula is C32H42O2. The molecule has 0 aliphatic heterocycles. The summed E-state index contributed by atoms with van der Waals surface area (Å²) in [5.74, 6) is 4.61. The van der Waals surface area contributed by atoms with Crippen molar-refractivity contribution in [2.75, 3.05) is 0 Å². The van der Waals surface area contributed by atoms with Gasteiger partial charge >= 0.3 is 0 Å². The summed E-state index contributed by atoms with van der Waals surface area (Å²) in [6.45, 7) is 4.13. The van der Waals surface area contributed by atoms with Gasteiger partial charge in [-0.15, -0.1) is 0 Å². The maximum absolute atomic E-state index is 6.61. The molecular weight excluding hydrogens is 416 g/mol. The second-order valence-corrected chi connectivity index (χ2v) is 12.1. The SMILES string of the molecule is C[C@]12CC[C@H]3[C@@H](CCC4CC(OCc5ccccc5)CC[C@@H]43)[C@@H]1CC[C@@H]2OCc1ccccc1. The Kier molecular flexibility index (Phi) is 6.56. The molecule has 182 valence electrons. The normalized spacial score (nSPS) is 39.1. The Hall–Kier alpha value is -1.64. The Morgan fingerprint density at radius 1 is 0.676 bits per heavy atom. The van der Waals surface area contributed by atoms with Crippen LogP contribution in [0, 0.1) is 35.0 Å². The molecule has 0 spiro atoms. The lowest BCUT2D eigenvalue weighted by Crippen LogP contribution is -2.50. The maximum Gasteiger partial charge on any atom is 0.0720 e. The second kappa shape index (κ2) is 9.78. The van der Waals surface area contributed by atoms with E-state index in [2.05, 4.69) is 67.6 Å². The van der Waals surface area contributed by atoms with E-state index in [4.69, 9.17) is 9.47 Å². The van der Waals surface area contributed by atoms with Crippen LogP contribution in [0.1, 0.15) is 75.8 Å². The molecule has 4 aliphatic carbocycles. The number of fused-ring (bicyclic) bond motifs is 5. The van der Waals surface area contributed by atoms with E-state index in [0.717, 1.165) is 42.8 Å². The van der Waals surface area contributed by atoms with Crippen LogP contribution in [0.3, 0.4) is 0 Å². The van der Waals surface area contributed by atoms with E-state index in [9.17, 15) is 0 Å². The zero-order valence-electron chi connectivity index (χ0n) is 20.9. The summed E-state index contributed by atoms with van der Waals surface area (Å²) >= 11 is 0. The summed E-state index contributed by atoms with van der Waals surface area (Å²) in [5.41, 5.74) is 3.01. The molecule has 0 saturated heterocycles. The van der Waals surface area contributed by atoms with Gasteiger partial charge in [-0.25, -0.2) is 0 Å². The molecule has 0 amide bonds. The van der Waals surface area contributed by atoms with Crippen molar-refractivity contribution in [3.05, 3.63) is 71.8 Å². The van der Waals surface area contributed by atoms with Crippen LogP contribution in [-0.4, -0.2) is 12.2 Å². The summed E-state index contributed by atoms with van der Waals surface area (Å²) in [6.07, 6.45) is 13.2. The maximum atomic E-state index is 6.61. The molecule has 0 radical (unpaired) electrons. The average molecular weight is 459 g/mol. The van der Waals surface area contributed by atoms with Gasteiger partial charge < -0.3 is 9.47 Å². The number of hydrogen-bond donors (Lipinski definition) is 0. The van der Waals surface area contributed by atoms with Crippen LogP contribution in [0.25, 0.3) is 0 Å². The van der Waals surface area contributed by atoms with E-state index in [1.54, 1.807) is 0 Å². The van der Waals surface area contributed by atoms with Crippen LogP contribution in [0.2, 0.25) is 0 Å². The van der Waals surface area contributed by atoms with Gasteiger partial charge in [-0.3, -0.25) is 0 Å². The Morgan fingerprint density at radius 3 is 2.09 bits per heavy atom. The predicted octanol–water partition coefficient (Wildman–Crippen LogP) is 7.81. The smallest absolute Gasteiger partial charge is 0.0720 e. The fourth-order valence-corrected chi connectivity index (χ4v) is 8.75. The van der Waals surface area contributed by atoms with Gasteiger partial charge in [0, 0.05) is 0 Å². The van der Waals surface area contributed by atoms with Crippen LogP contribution in [0.15, 0.2) is 60.7 Å². The summed E-state index contributed by atoms with van der Waals surface area (Å²) in [5, 5.41) is 0. The first-order valence-electron chi connectivity index (χ1n) is 14.0. The van der Waals surface area contributed by atoms with Gasteiger partial charge in [0.05, 0.1) is 25.4 Å². The zero-order chi connectivity index (χ0) is 23.0. The molecule has 6 rings (SSSR count). The molecule has 2 heteroatoms. The molecule has 4 aliphatic rings. The highest BCUT2D eigenvalue weighted by Gasteiger charge is 2.57. The monoisotopic (exact) mass is 458 g/mol. The van der Waals surface area contributed by atoms with Crippen molar-refractivity contribution in [2.24, 2.45) is 35.0 Å². The summed E-state index contributed by atoms with van der Waals surface area (Å²) in [6, 6.07) is 21.5. The van der Waals surface area contributed by atoms with Gasteiger partial charge in [-0.2, -0.15) is 0 Å².